The van der Waals surface area contributed by atoms with Gasteiger partial charge in [-0.15, -0.1) is 11.3 Å². The molecule has 0 atom stereocenters. The standard InChI is InChI=1S/C23H20ClN3O4S/c1-30-20-10-9-15(12-21(20)31-2)14-25-27-23(29)19(13-16-6-5-11-32-16)26-22(28)17-7-3-4-8-18(17)24/h3-14H,1-2H3,(H,26,28)(H,27,29)/b19-13+,25-14-. The molecule has 2 aromatic carbocycles. The summed E-state index contributed by atoms with van der Waals surface area (Å²) in [6, 6.07) is 15.5. The van der Waals surface area contributed by atoms with Crippen LogP contribution in [0, 0.1) is 0 Å². The Morgan fingerprint density at radius 1 is 1.03 bits per heavy atom. The normalized spacial score (nSPS) is 11.3. The number of thiophene rings is 1. The fraction of sp³-hybridized carbons (Fsp3) is 0.0870. The van der Waals surface area contributed by atoms with Crippen LogP contribution in [0.5, 0.6) is 11.5 Å². The highest BCUT2D eigenvalue weighted by Crippen LogP contribution is 2.26. The lowest BCUT2D eigenvalue weighted by Crippen LogP contribution is -2.32. The second-order valence-corrected chi connectivity index (χ2v) is 7.71. The maximum Gasteiger partial charge on any atom is 0.287 e. The van der Waals surface area contributed by atoms with Crippen LogP contribution in [0.2, 0.25) is 5.02 Å². The zero-order valence-electron chi connectivity index (χ0n) is 17.3. The van der Waals surface area contributed by atoms with Crippen molar-refractivity contribution in [3.05, 3.63) is 86.7 Å². The molecule has 0 aliphatic heterocycles. The summed E-state index contributed by atoms with van der Waals surface area (Å²) in [5, 5.41) is 8.75. The molecule has 7 nitrogen and oxygen atoms in total. The summed E-state index contributed by atoms with van der Waals surface area (Å²) in [5.41, 5.74) is 3.40. The van der Waals surface area contributed by atoms with Crippen LogP contribution >= 0.6 is 22.9 Å². The molecule has 2 N–H and O–H groups in total. The summed E-state index contributed by atoms with van der Waals surface area (Å²) in [5.74, 6) is 0.0261. The van der Waals surface area contributed by atoms with Crippen LogP contribution < -0.4 is 20.2 Å². The quantitative estimate of drug-likeness (QED) is 0.292. The second kappa shape index (κ2) is 11.1. The molecule has 0 radical (unpaired) electrons. The summed E-state index contributed by atoms with van der Waals surface area (Å²) in [6.45, 7) is 0. The number of hydrogen-bond donors (Lipinski definition) is 2. The fourth-order valence-electron chi connectivity index (χ4n) is 2.67. The third-order valence-corrected chi connectivity index (χ3v) is 5.38. The Bertz CT molecular complexity index is 1160. The first kappa shape index (κ1) is 23.1. The molecule has 0 saturated carbocycles. The maximum absolute atomic E-state index is 12.8. The number of rotatable bonds is 8. The third-order valence-electron chi connectivity index (χ3n) is 4.23. The molecule has 2 amide bonds. The summed E-state index contributed by atoms with van der Waals surface area (Å²) in [4.78, 5) is 26.2. The van der Waals surface area contributed by atoms with Crippen LogP contribution in [0.4, 0.5) is 0 Å². The molecule has 1 aromatic heterocycles. The summed E-state index contributed by atoms with van der Waals surface area (Å²) >= 11 is 7.53. The van der Waals surface area contributed by atoms with Gasteiger partial charge in [0.2, 0.25) is 0 Å². The zero-order valence-corrected chi connectivity index (χ0v) is 18.9. The average molecular weight is 470 g/mol. The van der Waals surface area contributed by atoms with Crippen molar-refractivity contribution in [1.82, 2.24) is 10.7 Å². The highest BCUT2D eigenvalue weighted by Gasteiger charge is 2.16. The van der Waals surface area contributed by atoms with Gasteiger partial charge in [0.1, 0.15) is 5.70 Å². The van der Waals surface area contributed by atoms with Crippen molar-refractivity contribution >= 4 is 47.0 Å². The topological polar surface area (TPSA) is 89.0 Å². The number of ether oxygens (including phenoxy) is 2. The molecule has 0 aliphatic rings. The van der Waals surface area contributed by atoms with E-state index in [4.69, 9.17) is 21.1 Å². The molecule has 1 heterocycles. The number of halogens is 1. The predicted molar refractivity (Wildman–Crippen MR) is 126 cm³/mol. The van der Waals surface area contributed by atoms with Crippen LogP contribution in [0.3, 0.4) is 0 Å². The van der Waals surface area contributed by atoms with E-state index in [9.17, 15) is 9.59 Å². The maximum atomic E-state index is 12.8. The number of amides is 2. The van der Waals surface area contributed by atoms with Gasteiger partial charge < -0.3 is 14.8 Å². The van der Waals surface area contributed by atoms with E-state index in [1.165, 1.54) is 24.7 Å². The molecular weight excluding hydrogens is 450 g/mol. The molecule has 0 bridgehead atoms. The van der Waals surface area contributed by atoms with Gasteiger partial charge in [-0.1, -0.05) is 29.8 Å². The lowest BCUT2D eigenvalue weighted by molar-refractivity contribution is -0.117. The Balaban J connectivity index is 1.77. The molecule has 0 saturated heterocycles. The van der Waals surface area contributed by atoms with Gasteiger partial charge in [-0.25, -0.2) is 5.43 Å². The number of hydrogen-bond acceptors (Lipinski definition) is 6. The number of hydrazone groups is 1. The molecule has 0 fully saturated rings. The number of carbonyl (C=O) groups excluding carboxylic acids is 2. The number of nitrogens with zero attached hydrogens (tertiary/aromatic N) is 1. The predicted octanol–water partition coefficient (Wildman–Crippen LogP) is 4.34. The van der Waals surface area contributed by atoms with E-state index in [0.717, 1.165) is 4.88 Å². The lowest BCUT2D eigenvalue weighted by Gasteiger charge is -2.10. The van der Waals surface area contributed by atoms with E-state index in [-0.39, 0.29) is 16.3 Å². The van der Waals surface area contributed by atoms with E-state index in [0.29, 0.717) is 17.1 Å². The van der Waals surface area contributed by atoms with E-state index in [1.54, 1.807) is 55.7 Å². The van der Waals surface area contributed by atoms with Gasteiger partial charge in [0, 0.05) is 4.88 Å². The first-order valence-corrected chi connectivity index (χ1v) is 10.6. The number of nitrogens with one attached hydrogen (secondary N) is 2. The SMILES string of the molecule is COc1ccc(/C=N\NC(=O)/C(=C\c2cccs2)NC(=O)c2ccccc2Cl)cc1OC. The average Bonchev–Trinajstić information content (AvgIpc) is 3.31. The third kappa shape index (κ3) is 5.96. The van der Waals surface area contributed by atoms with Crippen LogP contribution in [0.15, 0.2) is 70.8 Å². The first-order valence-electron chi connectivity index (χ1n) is 9.38. The molecule has 0 unspecified atom stereocenters. The smallest absolute Gasteiger partial charge is 0.287 e. The van der Waals surface area contributed by atoms with Crippen molar-refractivity contribution < 1.29 is 19.1 Å². The molecule has 9 heteroatoms. The summed E-state index contributed by atoms with van der Waals surface area (Å²) in [6.07, 6.45) is 3.03. The number of methoxy groups -OCH3 is 2. The molecule has 32 heavy (non-hydrogen) atoms. The van der Waals surface area contributed by atoms with Gasteiger partial charge in [0.15, 0.2) is 11.5 Å². The van der Waals surface area contributed by atoms with E-state index >= 15 is 0 Å². The Hall–Kier alpha value is -3.62. The van der Waals surface area contributed by atoms with Gasteiger partial charge in [-0.2, -0.15) is 5.10 Å². The largest absolute Gasteiger partial charge is 0.493 e. The highest BCUT2D eigenvalue weighted by atomic mass is 35.5. The van der Waals surface area contributed by atoms with Crippen molar-refractivity contribution in [2.24, 2.45) is 5.10 Å². The van der Waals surface area contributed by atoms with Gasteiger partial charge in [-0.05, 0) is 53.4 Å². The highest BCUT2D eigenvalue weighted by molar-refractivity contribution is 7.10. The monoisotopic (exact) mass is 469 g/mol. The minimum absolute atomic E-state index is 0.0295. The molecule has 0 spiro atoms. The molecular formula is C23H20ClN3O4S. The van der Waals surface area contributed by atoms with Gasteiger partial charge in [0.25, 0.3) is 11.8 Å². The zero-order chi connectivity index (χ0) is 22.9. The summed E-state index contributed by atoms with van der Waals surface area (Å²) < 4.78 is 10.5. The van der Waals surface area contributed by atoms with Crippen molar-refractivity contribution in [2.45, 2.75) is 0 Å². The van der Waals surface area contributed by atoms with Crippen LogP contribution in [0.1, 0.15) is 20.8 Å². The van der Waals surface area contributed by atoms with Crippen molar-refractivity contribution in [3.8, 4) is 11.5 Å². The van der Waals surface area contributed by atoms with Crippen LogP contribution in [-0.4, -0.2) is 32.2 Å². The van der Waals surface area contributed by atoms with Crippen molar-refractivity contribution in [2.75, 3.05) is 14.2 Å². The van der Waals surface area contributed by atoms with Gasteiger partial charge >= 0.3 is 0 Å². The summed E-state index contributed by atoms with van der Waals surface area (Å²) in [7, 11) is 3.08. The molecule has 0 aliphatic carbocycles. The van der Waals surface area contributed by atoms with Gasteiger partial charge in [-0.3, -0.25) is 9.59 Å². The van der Waals surface area contributed by atoms with Crippen molar-refractivity contribution in [3.63, 3.8) is 0 Å². The Kier molecular flexibility index (Phi) is 8.02. The minimum Gasteiger partial charge on any atom is -0.493 e. The van der Waals surface area contributed by atoms with Crippen LogP contribution in [0.25, 0.3) is 6.08 Å². The number of carbonyl (C=O) groups is 2. The first-order chi connectivity index (χ1) is 15.5. The van der Waals surface area contributed by atoms with E-state index < -0.39 is 11.8 Å². The fourth-order valence-corrected chi connectivity index (χ4v) is 3.55. The van der Waals surface area contributed by atoms with E-state index in [1.807, 2.05) is 17.5 Å². The molecule has 3 aromatic rings. The Labute approximate surface area is 194 Å². The minimum atomic E-state index is -0.587. The molecule has 164 valence electrons. The van der Waals surface area contributed by atoms with E-state index in [2.05, 4.69) is 15.8 Å². The van der Waals surface area contributed by atoms with Gasteiger partial charge in [0.05, 0.1) is 31.0 Å². The second-order valence-electron chi connectivity index (χ2n) is 6.32. The van der Waals surface area contributed by atoms with Crippen molar-refractivity contribution in [1.29, 1.82) is 0 Å². The molecule has 3 rings (SSSR count). The Morgan fingerprint density at radius 3 is 2.50 bits per heavy atom. The lowest BCUT2D eigenvalue weighted by atomic mass is 10.2. The van der Waals surface area contributed by atoms with Crippen LogP contribution in [-0.2, 0) is 4.79 Å². The Morgan fingerprint density at radius 2 is 1.81 bits per heavy atom. The number of benzene rings is 2.